The van der Waals surface area contributed by atoms with Gasteiger partial charge in [0.15, 0.2) is 0 Å². The van der Waals surface area contributed by atoms with Gasteiger partial charge in [-0.3, -0.25) is 4.79 Å². The minimum atomic E-state index is 0.0421. The Labute approximate surface area is 127 Å². The molecule has 2 nitrogen and oxygen atoms in total. The van der Waals surface area contributed by atoms with Crippen LogP contribution in [0.5, 0.6) is 0 Å². The highest BCUT2D eigenvalue weighted by molar-refractivity contribution is 5.94. The van der Waals surface area contributed by atoms with Crippen LogP contribution in [0.2, 0.25) is 0 Å². The van der Waals surface area contributed by atoms with E-state index in [1.807, 2.05) is 50.2 Å². The fourth-order valence-corrected chi connectivity index (χ4v) is 2.51. The van der Waals surface area contributed by atoms with E-state index < -0.39 is 0 Å². The number of nitrogens with one attached hydrogen (secondary N) is 1. The quantitative estimate of drug-likeness (QED) is 0.871. The van der Waals surface area contributed by atoms with Crippen molar-refractivity contribution in [1.82, 2.24) is 0 Å². The van der Waals surface area contributed by atoms with Gasteiger partial charge in [0.2, 0.25) is 5.91 Å². The van der Waals surface area contributed by atoms with Crippen LogP contribution in [0.4, 0.5) is 5.69 Å². The highest BCUT2D eigenvalue weighted by Gasteiger charge is 2.12. The molecule has 0 heterocycles. The molecule has 0 aromatic heterocycles. The fourth-order valence-electron chi connectivity index (χ4n) is 2.51. The lowest BCUT2D eigenvalue weighted by Gasteiger charge is -2.16. The van der Waals surface area contributed by atoms with E-state index in [0.717, 1.165) is 22.4 Å². The van der Waals surface area contributed by atoms with Gasteiger partial charge in [-0.1, -0.05) is 56.3 Å². The normalized spacial score (nSPS) is 10.7. The van der Waals surface area contributed by atoms with Crippen LogP contribution in [0.3, 0.4) is 0 Å². The second-order valence-corrected chi connectivity index (χ2v) is 5.85. The largest absolute Gasteiger partial charge is 0.325 e. The zero-order valence-electron chi connectivity index (χ0n) is 13.2. The van der Waals surface area contributed by atoms with Gasteiger partial charge in [0.1, 0.15) is 0 Å². The maximum atomic E-state index is 12.4. The maximum absolute atomic E-state index is 12.4. The number of para-hydroxylation sites is 1. The van der Waals surface area contributed by atoms with E-state index in [9.17, 15) is 4.79 Å². The van der Waals surface area contributed by atoms with Crippen LogP contribution in [0, 0.1) is 13.8 Å². The summed E-state index contributed by atoms with van der Waals surface area (Å²) in [4.78, 5) is 12.4. The molecule has 1 amide bonds. The number of amides is 1. The third kappa shape index (κ3) is 3.72. The molecule has 0 aliphatic rings. The van der Waals surface area contributed by atoms with Crippen LogP contribution in [0.15, 0.2) is 42.5 Å². The molecule has 2 aromatic carbocycles. The second-order valence-electron chi connectivity index (χ2n) is 5.85. The van der Waals surface area contributed by atoms with E-state index >= 15 is 0 Å². The molecular formula is C19H23NO. The van der Waals surface area contributed by atoms with E-state index in [0.29, 0.717) is 12.3 Å². The lowest BCUT2D eigenvalue weighted by atomic mass is 9.98. The average molecular weight is 281 g/mol. The lowest BCUT2D eigenvalue weighted by Crippen LogP contribution is -2.17. The van der Waals surface area contributed by atoms with E-state index in [-0.39, 0.29) is 5.91 Å². The summed E-state index contributed by atoms with van der Waals surface area (Å²) in [6, 6.07) is 14.2. The number of aryl methyl sites for hydroxylation is 2. The molecule has 0 saturated heterocycles. The Bertz CT molecular complexity index is 644. The summed E-state index contributed by atoms with van der Waals surface area (Å²) < 4.78 is 0. The number of carbonyl (C=O) groups excluding carboxylic acids is 1. The molecule has 1 N–H and O–H groups in total. The van der Waals surface area contributed by atoms with Crippen molar-refractivity contribution in [3.8, 4) is 0 Å². The van der Waals surface area contributed by atoms with Crippen LogP contribution in [-0.2, 0) is 11.2 Å². The predicted molar refractivity (Wildman–Crippen MR) is 88.8 cm³/mol. The minimum Gasteiger partial charge on any atom is -0.325 e. The van der Waals surface area contributed by atoms with E-state index in [4.69, 9.17) is 0 Å². The summed E-state index contributed by atoms with van der Waals surface area (Å²) in [7, 11) is 0. The molecule has 0 aliphatic heterocycles. The molecule has 110 valence electrons. The molecular weight excluding hydrogens is 258 g/mol. The SMILES string of the molecule is Cc1ccccc1CC(=O)Nc1c(C)cccc1C(C)C. The van der Waals surface area contributed by atoms with Crippen molar-refractivity contribution in [2.75, 3.05) is 5.32 Å². The smallest absolute Gasteiger partial charge is 0.228 e. The van der Waals surface area contributed by atoms with Crippen LogP contribution >= 0.6 is 0 Å². The molecule has 0 aliphatic carbocycles. The Morgan fingerprint density at radius 2 is 1.67 bits per heavy atom. The molecule has 0 unspecified atom stereocenters. The highest BCUT2D eigenvalue weighted by Crippen LogP contribution is 2.27. The highest BCUT2D eigenvalue weighted by atomic mass is 16.1. The van der Waals surface area contributed by atoms with Crippen molar-refractivity contribution in [1.29, 1.82) is 0 Å². The molecule has 2 heteroatoms. The van der Waals surface area contributed by atoms with E-state index in [2.05, 4.69) is 25.2 Å². The fraction of sp³-hybridized carbons (Fsp3) is 0.316. The van der Waals surface area contributed by atoms with Gasteiger partial charge in [-0.25, -0.2) is 0 Å². The summed E-state index contributed by atoms with van der Waals surface area (Å²) in [5.74, 6) is 0.430. The van der Waals surface area contributed by atoms with Crippen molar-refractivity contribution >= 4 is 11.6 Å². The van der Waals surface area contributed by atoms with Crippen molar-refractivity contribution in [3.05, 3.63) is 64.7 Å². The number of anilines is 1. The van der Waals surface area contributed by atoms with Crippen LogP contribution < -0.4 is 5.32 Å². The van der Waals surface area contributed by atoms with Gasteiger partial charge in [-0.2, -0.15) is 0 Å². The summed E-state index contributed by atoms with van der Waals surface area (Å²) in [6.07, 6.45) is 0.415. The maximum Gasteiger partial charge on any atom is 0.228 e. The Balaban J connectivity index is 2.19. The number of hydrogen-bond donors (Lipinski definition) is 1. The van der Waals surface area contributed by atoms with Gasteiger partial charge < -0.3 is 5.32 Å². The average Bonchev–Trinajstić information content (AvgIpc) is 2.43. The first-order valence-electron chi connectivity index (χ1n) is 7.43. The molecule has 0 spiro atoms. The van der Waals surface area contributed by atoms with Gasteiger partial charge in [0.05, 0.1) is 6.42 Å². The molecule has 0 saturated carbocycles. The molecule has 0 atom stereocenters. The molecule has 0 fully saturated rings. The van der Waals surface area contributed by atoms with Gasteiger partial charge in [0, 0.05) is 5.69 Å². The Hall–Kier alpha value is -2.09. The second kappa shape index (κ2) is 6.57. The molecule has 0 radical (unpaired) electrons. The van der Waals surface area contributed by atoms with Gasteiger partial charge in [-0.05, 0) is 42.0 Å². The van der Waals surface area contributed by atoms with Crippen molar-refractivity contribution in [2.45, 2.75) is 40.0 Å². The first-order chi connectivity index (χ1) is 9.99. The molecule has 2 rings (SSSR count). The number of rotatable bonds is 4. The first-order valence-corrected chi connectivity index (χ1v) is 7.43. The summed E-state index contributed by atoms with van der Waals surface area (Å²) in [5.41, 5.74) is 5.50. The van der Waals surface area contributed by atoms with Crippen LogP contribution in [0.1, 0.15) is 42.0 Å². The van der Waals surface area contributed by atoms with E-state index in [1.54, 1.807) is 0 Å². The summed E-state index contributed by atoms with van der Waals surface area (Å²) in [5, 5.41) is 3.10. The summed E-state index contributed by atoms with van der Waals surface area (Å²) >= 11 is 0. The van der Waals surface area contributed by atoms with Crippen molar-refractivity contribution in [3.63, 3.8) is 0 Å². The number of benzene rings is 2. The minimum absolute atomic E-state index is 0.0421. The number of carbonyl (C=O) groups is 1. The van der Waals surface area contributed by atoms with E-state index in [1.165, 1.54) is 5.56 Å². The van der Waals surface area contributed by atoms with Crippen molar-refractivity contribution in [2.24, 2.45) is 0 Å². The Morgan fingerprint density at radius 1 is 1.00 bits per heavy atom. The Morgan fingerprint density at radius 3 is 2.33 bits per heavy atom. The third-order valence-corrected chi connectivity index (χ3v) is 3.80. The first kappa shape index (κ1) is 15.3. The monoisotopic (exact) mass is 281 g/mol. The van der Waals surface area contributed by atoms with Gasteiger partial charge in [-0.15, -0.1) is 0 Å². The van der Waals surface area contributed by atoms with Crippen molar-refractivity contribution < 1.29 is 4.79 Å². The van der Waals surface area contributed by atoms with Gasteiger partial charge >= 0.3 is 0 Å². The summed E-state index contributed by atoms with van der Waals surface area (Å²) in [6.45, 7) is 8.36. The predicted octanol–water partition coefficient (Wildman–Crippen LogP) is 4.61. The molecule has 21 heavy (non-hydrogen) atoms. The topological polar surface area (TPSA) is 29.1 Å². The van der Waals surface area contributed by atoms with Crippen LogP contribution in [0.25, 0.3) is 0 Å². The Kier molecular flexibility index (Phi) is 4.79. The standard InChI is InChI=1S/C19H23NO/c1-13(2)17-11-7-9-15(4)19(17)20-18(21)12-16-10-6-5-8-14(16)3/h5-11,13H,12H2,1-4H3,(H,20,21). The zero-order valence-corrected chi connectivity index (χ0v) is 13.2. The molecule has 2 aromatic rings. The number of hydrogen-bond acceptors (Lipinski definition) is 1. The zero-order chi connectivity index (χ0) is 15.4. The van der Waals surface area contributed by atoms with Crippen LogP contribution in [-0.4, -0.2) is 5.91 Å². The third-order valence-electron chi connectivity index (χ3n) is 3.80. The lowest BCUT2D eigenvalue weighted by molar-refractivity contribution is -0.115. The molecule has 0 bridgehead atoms. The van der Waals surface area contributed by atoms with Gasteiger partial charge in [0.25, 0.3) is 0 Å².